The first-order valence-electron chi connectivity index (χ1n) is 9.45. The fraction of sp³-hybridized carbons (Fsp3) is 0.619. The topological polar surface area (TPSA) is 66.4 Å². The van der Waals surface area contributed by atoms with E-state index in [1.54, 1.807) is 6.07 Å². The number of hydrogen-bond acceptors (Lipinski definition) is 3. The summed E-state index contributed by atoms with van der Waals surface area (Å²) in [7, 11) is 0. The van der Waals surface area contributed by atoms with Crippen LogP contribution in [0, 0.1) is 29.5 Å². The number of Topliss-reactive ketones (excluding diaryl/α,β-unsaturated/α-hetero) is 1. The highest BCUT2D eigenvalue weighted by Crippen LogP contribution is 2.38. The molecule has 1 saturated carbocycles. The highest BCUT2D eigenvalue weighted by molar-refractivity contribution is 5.95. The molecule has 1 amide bonds. The Morgan fingerprint density at radius 1 is 1.31 bits per heavy atom. The van der Waals surface area contributed by atoms with E-state index in [1.807, 2.05) is 0 Å². The van der Waals surface area contributed by atoms with Crippen LogP contribution in [-0.4, -0.2) is 16.8 Å². The van der Waals surface area contributed by atoms with Crippen LogP contribution in [0.4, 0.5) is 4.39 Å². The zero-order valence-corrected chi connectivity index (χ0v) is 16.1. The summed E-state index contributed by atoms with van der Waals surface area (Å²) in [6.07, 6.45) is 3.10. The maximum Gasteiger partial charge on any atom is 0.223 e. The lowest BCUT2D eigenvalue weighted by Crippen LogP contribution is -2.40. The number of benzene rings is 1. The quantitative estimate of drug-likeness (QED) is 0.756. The molecule has 4 nitrogen and oxygen atoms in total. The highest BCUT2D eigenvalue weighted by Gasteiger charge is 2.35. The van der Waals surface area contributed by atoms with E-state index in [9.17, 15) is 19.1 Å². The number of carbonyl (C=O) groups excluding carboxylic acids is 2. The minimum atomic E-state index is -0.653. The molecule has 0 bridgehead atoms. The zero-order valence-electron chi connectivity index (χ0n) is 16.1. The summed E-state index contributed by atoms with van der Waals surface area (Å²) in [4.78, 5) is 24.3. The second-order valence-electron chi connectivity index (χ2n) is 7.98. The molecule has 2 rings (SSSR count). The maximum absolute atomic E-state index is 14.2. The molecule has 1 fully saturated rings. The zero-order chi connectivity index (χ0) is 19.4. The molecule has 0 unspecified atom stereocenters. The molecule has 5 heteroatoms. The summed E-state index contributed by atoms with van der Waals surface area (Å²) in [5.41, 5.74) is 0.728. The molecule has 0 spiro atoms. The van der Waals surface area contributed by atoms with Crippen LogP contribution in [0.25, 0.3) is 0 Å². The normalized spacial score (nSPS) is 23.1. The van der Waals surface area contributed by atoms with Gasteiger partial charge in [0.05, 0.1) is 12.2 Å². The Morgan fingerprint density at radius 3 is 2.58 bits per heavy atom. The van der Waals surface area contributed by atoms with Crippen LogP contribution in [0.1, 0.15) is 68.4 Å². The molecule has 1 aromatic carbocycles. The molecule has 2 N–H and O–H groups in total. The monoisotopic (exact) mass is 362 g/mol. The van der Waals surface area contributed by atoms with Gasteiger partial charge in [0, 0.05) is 12.5 Å². The van der Waals surface area contributed by atoms with Crippen LogP contribution >= 0.6 is 0 Å². The van der Waals surface area contributed by atoms with E-state index in [4.69, 9.17) is 0 Å². The average Bonchev–Trinajstić information content (AvgIpc) is 2.58. The van der Waals surface area contributed by atoms with Gasteiger partial charge in [0.25, 0.3) is 0 Å². The number of aliphatic hydroxyl groups is 1. The van der Waals surface area contributed by atoms with Gasteiger partial charge in [-0.2, -0.15) is 0 Å². The second-order valence-corrected chi connectivity index (χ2v) is 7.98. The highest BCUT2D eigenvalue weighted by atomic mass is 18.2. The summed E-state index contributed by atoms with van der Waals surface area (Å²) in [5, 5.41) is 12.3. The van der Waals surface area contributed by atoms with Gasteiger partial charge in [-0.15, -0.1) is 0 Å². The van der Waals surface area contributed by atoms with Gasteiger partial charge in [-0.05, 0) is 54.7 Å². The third-order valence-electron chi connectivity index (χ3n) is 5.58. The lowest BCUT2D eigenvalue weighted by atomic mass is 9.70. The van der Waals surface area contributed by atoms with Gasteiger partial charge < -0.3 is 10.4 Å². The molecule has 1 aromatic rings. The van der Waals surface area contributed by atoms with Crippen LogP contribution in [0.3, 0.4) is 0 Å². The van der Waals surface area contributed by atoms with Crippen molar-refractivity contribution in [3.05, 3.63) is 34.6 Å². The fourth-order valence-corrected chi connectivity index (χ4v) is 4.17. The van der Waals surface area contributed by atoms with Crippen LogP contribution in [0.5, 0.6) is 0 Å². The van der Waals surface area contributed by atoms with Crippen molar-refractivity contribution in [2.75, 3.05) is 0 Å². The van der Waals surface area contributed by atoms with E-state index in [-0.39, 0.29) is 29.5 Å². The van der Waals surface area contributed by atoms with E-state index in [1.165, 1.54) is 13.0 Å². The first-order valence-corrected chi connectivity index (χ1v) is 9.45. The lowest BCUT2D eigenvalue weighted by molar-refractivity contribution is -0.129. The maximum atomic E-state index is 14.2. The van der Waals surface area contributed by atoms with Crippen LogP contribution in [-0.2, 0) is 17.9 Å². The van der Waals surface area contributed by atoms with Crippen molar-refractivity contribution in [3.8, 4) is 0 Å². The summed E-state index contributed by atoms with van der Waals surface area (Å²) >= 11 is 0. The third-order valence-corrected chi connectivity index (χ3v) is 5.58. The number of carbonyl (C=O) groups is 2. The number of halogens is 1. The van der Waals surface area contributed by atoms with E-state index < -0.39 is 18.2 Å². The van der Waals surface area contributed by atoms with Crippen molar-refractivity contribution in [1.29, 1.82) is 0 Å². The fourth-order valence-electron chi connectivity index (χ4n) is 4.17. The molecule has 0 aromatic heterocycles. The molecule has 0 saturated heterocycles. The standard InChI is InChI=1S/C21H30FNO3/c1-12(2)17-6-5-13(3)7-18(17)21(26)23-10-15-8-16(11-24)20(14(4)25)19(22)9-15/h8-9,12-13,17-18,24H,5-7,10-11H2,1-4H3,(H,23,26)/t13-,17+,18-/m1/s1/i22-1. The average molecular weight is 362 g/mol. The number of nitrogens with one attached hydrogen (secondary N) is 1. The number of amides is 1. The summed E-state index contributed by atoms with van der Waals surface area (Å²) in [6, 6.07) is 2.85. The van der Waals surface area contributed by atoms with Gasteiger partial charge in [0.1, 0.15) is 5.82 Å². The Bertz CT molecular complexity index is 671. The summed E-state index contributed by atoms with van der Waals surface area (Å²) < 4.78 is 14.2. The third kappa shape index (κ3) is 4.70. The predicted octanol–water partition coefficient (Wildman–Crippen LogP) is 3.85. The number of aliphatic hydroxyl groups excluding tert-OH is 1. The van der Waals surface area contributed by atoms with Crippen LogP contribution < -0.4 is 5.32 Å². The van der Waals surface area contributed by atoms with Gasteiger partial charge in [-0.3, -0.25) is 9.59 Å². The van der Waals surface area contributed by atoms with Crippen molar-refractivity contribution < 1.29 is 19.1 Å². The molecule has 3 atom stereocenters. The predicted molar refractivity (Wildman–Crippen MR) is 99.0 cm³/mol. The Kier molecular flexibility index (Phi) is 6.93. The Morgan fingerprint density at radius 2 is 2.00 bits per heavy atom. The summed E-state index contributed by atoms with van der Waals surface area (Å²) in [5.74, 6) is 0.281. The minimum absolute atomic E-state index is 0.0110. The number of ketones is 1. The van der Waals surface area contributed by atoms with E-state index >= 15 is 0 Å². The molecule has 26 heavy (non-hydrogen) atoms. The molecule has 0 aliphatic heterocycles. The van der Waals surface area contributed by atoms with Crippen LogP contribution in [0.15, 0.2) is 12.1 Å². The molecule has 0 radical (unpaired) electrons. The van der Waals surface area contributed by atoms with Gasteiger partial charge in [0.2, 0.25) is 5.91 Å². The van der Waals surface area contributed by atoms with Gasteiger partial charge in [-0.25, -0.2) is 4.39 Å². The number of rotatable bonds is 6. The molecule has 1 aliphatic rings. The Balaban J connectivity index is 2.11. The number of hydrogen-bond donors (Lipinski definition) is 2. The van der Waals surface area contributed by atoms with Crippen molar-refractivity contribution >= 4 is 11.7 Å². The Hall–Kier alpha value is -1.75. The van der Waals surface area contributed by atoms with E-state index in [0.29, 0.717) is 23.3 Å². The van der Waals surface area contributed by atoms with Crippen molar-refractivity contribution in [2.45, 2.75) is 60.1 Å². The first-order chi connectivity index (χ1) is 12.2. The molecule has 1 aliphatic carbocycles. The smallest absolute Gasteiger partial charge is 0.223 e. The second kappa shape index (κ2) is 8.76. The van der Waals surface area contributed by atoms with E-state index in [0.717, 1.165) is 19.3 Å². The molecule has 0 heterocycles. The van der Waals surface area contributed by atoms with Gasteiger partial charge in [0.15, 0.2) is 5.78 Å². The van der Waals surface area contributed by atoms with Crippen molar-refractivity contribution in [2.24, 2.45) is 23.7 Å². The lowest BCUT2D eigenvalue weighted by Gasteiger charge is -2.36. The molecular weight excluding hydrogens is 332 g/mol. The Labute approximate surface area is 155 Å². The first kappa shape index (κ1) is 20.6. The molecular formula is C21H30FNO3. The minimum Gasteiger partial charge on any atom is -0.392 e. The van der Waals surface area contributed by atoms with E-state index in [2.05, 4.69) is 26.1 Å². The SMILES string of the molecule is CC(=O)c1c([18F])cc(CNC(=O)[C@@H]2C[C@H](C)CC[C@H]2C(C)C)cc1CO. The summed E-state index contributed by atoms with van der Waals surface area (Å²) in [6.45, 7) is 7.55. The van der Waals surface area contributed by atoms with Gasteiger partial charge >= 0.3 is 0 Å². The van der Waals surface area contributed by atoms with Crippen molar-refractivity contribution in [1.82, 2.24) is 5.32 Å². The largest absolute Gasteiger partial charge is 0.392 e. The van der Waals surface area contributed by atoms with Crippen molar-refractivity contribution in [3.63, 3.8) is 0 Å². The van der Waals surface area contributed by atoms with Gasteiger partial charge in [-0.1, -0.05) is 33.3 Å². The molecule has 144 valence electrons. The van der Waals surface area contributed by atoms with Crippen LogP contribution in [0.2, 0.25) is 0 Å².